The van der Waals surface area contributed by atoms with Gasteiger partial charge in [-0.1, -0.05) is 143 Å². The van der Waals surface area contributed by atoms with Crippen LogP contribution in [0.5, 0.6) is 46.0 Å². The number of sulfonamides is 4. The molecule has 8 aromatic carbocycles. The number of benzene rings is 8. The van der Waals surface area contributed by atoms with Gasteiger partial charge < -0.3 is 58.3 Å². The summed E-state index contributed by atoms with van der Waals surface area (Å²) in [4.78, 5) is 31.8. The Labute approximate surface area is 789 Å². The van der Waals surface area contributed by atoms with Crippen LogP contribution in [0.4, 0.5) is 0 Å². The van der Waals surface area contributed by atoms with Crippen molar-refractivity contribution in [3.05, 3.63) is 332 Å². The minimum absolute atomic E-state index is 0.00989. The van der Waals surface area contributed by atoms with Crippen molar-refractivity contribution in [2.24, 2.45) is 0 Å². The van der Waals surface area contributed by atoms with Crippen LogP contribution in [0, 0.1) is 0 Å². The summed E-state index contributed by atoms with van der Waals surface area (Å²) in [7, 11) is -3.38. The number of nitrogens with zero attached hydrogens (tertiary/aromatic N) is 12. The van der Waals surface area contributed by atoms with Gasteiger partial charge >= 0.3 is 0 Å². The number of hydrogen-bond donors (Lipinski definition) is 4. The van der Waals surface area contributed by atoms with E-state index in [0.717, 1.165) is 44.5 Å². The highest BCUT2D eigenvalue weighted by Gasteiger charge is 2.41. The minimum Gasteiger partial charge on any atom is -0.497 e. The van der Waals surface area contributed by atoms with E-state index in [2.05, 4.69) is 39.9 Å². The van der Waals surface area contributed by atoms with E-state index in [-0.39, 0.29) is 75.7 Å². The lowest BCUT2D eigenvalue weighted by Crippen LogP contribution is -2.40. The zero-order valence-electron chi connectivity index (χ0n) is 74.2. The quantitative estimate of drug-likeness (QED) is 0.0277. The average molecular weight is 1970 g/mol. The molecule has 4 heterocycles. The van der Waals surface area contributed by atoms with E-state index >= 15 is 0 Å². The molecular formula is C92H104Cl4N12O20S4. The molecule has 704 valence electrons. The summed E-state index contributed by atoms with van der Waals surface area (Å²) in [5, 5.41) is 39.3. The molecule has 0 saturated heterocycles. The van der Waals surface area contributed by atoms with Crippen LogP contribution in [0.1, 0.15) is 120 Å². The second-order valence-electron chi connectivity index (χ2n) is 29.7. The highest BCUT2D eigenvalue weighted by Crippen LogP contribution is 2.34. The number of halogens is 4. The summed E-state index contributed by atoms with van der Waals surface area (Å²) >= 11 is 23.2. The molecule has 12 aromatic rings. The van der Waals surface area contributed by atoms with Gasteiger partial charge in [-0.3, -0.25) is 0 Å². The van der Waals surface area contributed by atoms with Crippen LogP contribution in [0.3, 0.4) is 0 Å². The summed E-state index contributed by atoms with van der Waals surface area (Å²) in [6.45, 7) is 6.61. The van der Waals surface area contributed by atoms with E-state index in [9.17, 15) is 54.1 Å². The van der Waals surface area contributed by atoms with Gasteiger partial charge in [0, 0.05) is 102 Å². The Hall–Kier alpha value is -10.9. The number of hydrogen-bond acceptors (Lipinski definition) is 28. The van der Waals surface area contributed by atoms with E-state index in [1.807, 2.05) is 0 Å². The van der Waals surface area contributed by atoms with Gasteiger partial charge in [-0.15, -0.1) is 0 Å². The Morgan fingerprint density at radius 3 is 0.432 bits per heavy atom. The van der Waals surface area contributed by atoms with Gasteiger partial charge in [0.15, 0.2) is 23.3 Å². The van der Waals surface area contributed by atoms with Gasteiger partial charge in [0.05, 0.1) is 77.0 Å². The first-order valence-electron chi connectivity index (χ1n) is 40.6. The Balaban J connectivity index is 0.000000198. The number of rotatable bonds is 40. The first kappa shape index (κ1) is 105. The first-order valence-corrected chi connectivity index (χ1v) is 48.1. The van der Waals surface area contributed by atoms with Crippen LogP contribution in [-0.4, -0.2) is 189 Å². The Bertz CT molecular complexity index is 5110. The Kier molecular flexibility index (Phi) is 39.5. The average Bonchev–Trinajstić information content (AvgIpc) is 0.807. The Morgan fingerprint density at radius 1 is 0.227 bits per heavy atom. The van der Waals surface area contributed by atoms with E-state index in [1.165, 1.54) is 94.5 Å². The normalized spacial score (nSPS) is 13.5. The number of methoxy groups -OCH3 is 8. The van der Waals surface area contributed by atoms with Crippen LogP contribution in [0.15, 0.2) is 244 Å². The molecule has 0 fully saturated rings. The summed E-state index contributed by atoms with van der Waals surface area (Å²) < 4.78 is 156. The number of aliphatic hydroxyl groups is 4. The third-order valence-corrected chi connectivity index (χ3v) is 30.3. The third-order valence-electron chi connectivity index (χ3n) is 20.9. The highest BCUT2D eigenvalue weighted by molar-refractivity contribution is 7.90. The molecular weight excluding hydrogens is 1860 g/mol. The highest BCUT2D eigenvalue weighted by atomic mass is 35.5. The molecule has 12 rings (SSSR count). The summed E-state index contributed by atoms with van der Waals surface area (Å²) in [5.41, 5.74) is 6.20. The molecule has 0 aliphatic rings. The van der Waals surface area contributed by atoms with Crippen LogP contribution in [0.2, 0.25) is 20.1 Å². The molecule has 4 aromatic heterocycles. The number of ether oxygens (including phenoxy) is 8. The van der Waals surface area contributed by atoms with Crippen molar-refractivity contribution in [1.29, 1.82) is 0 Å². The summed E-state index contributed by atoms with van der Waals surface area (Å²) in [6, 6.07) is 57.2. The standard InChI is InChI=1S/4C23H26ClN3O5S/c4*1-16(22(28)23-25-12-19(24)13-26-23)33(29,30)27(14-17-4-8-20(31-2)9-5-17)15-18-6-10-21(32-3)11-7-18/h4*4-13,16,22,28H,14-15H2,1-3H3/t2*16-,22+;2*16-,22-/m1010/s1. The van der Waals surface area contributed by atoms with Gasteiger partial charge in [0.2, 0.25) is 40.1 Å². The zero-order chi connectivity index (χ0) is 96.0. The lowest BCUT2D eigenvalue weighted by molar-refractivity contribution is 0.162. The lowest BCUT2D eigenvalue weighted by atomic mass is 10.2. The maximum absolute atomic E-state index is 13.6. The van der Waals surface area contributed by atoms with Crippen molar-refractivity contribution in [1.82, 2.24) is 57.1 Å². The van der Waals surface area contributed by atoms with Crippen molar-refractivity contribution in [3.63, 3.8) is 0 Å². The molecule has 32 nitrogen and oxygen atoms in total. The van der Waals surface area contributed by atoms with Gasteiger partial charge in [0.25, 0.3) is 0 Å². The summed E-state index contributed by atoms with van der Waals surface area (Å²) in [5.74, 6) is 5.35. The fourth-order valence-electron chi connectivity index (χ4n) is 12.8. The third kappa shape index (κ3) is 29.6. The van der Waals surface area contributed by atoms with Gasteiger partial charge in [-0.2, -0.15) is 17.2 Å². The predicted molar refractivity (Wildman–Crippen MR) is 502 cm³/mol. The Morgan fingerprint density at radius 2 is 0.333 bits per heavy atom. The monoisotopic (exact) mass is 1960 g/mol. The van der Waals surface area contributed by atoms with Crippen molar-refractivity contribution in [2.75, 3.05) is 56.9 Å². The molecule has 40 heteroatoms. The van der Waals surface area contributed by atoms with Crippen molar-refractivity contribution < 1.29 is 92.0 Å². The maximum Gasteiger partial charge on any atom is 0.220 e. The van der Waals surface area contributed by atoms with E-state index in [4.69, 9.17) is 84.3 Å². The van der Waals surface area contributed by atoms with Crippen molar-refractivity contribution in [2.45, 2.75) is 125 Å². The largest absolute Gasteiger partial charge is 0.497 e. The first-order chi connectivity index (χ1) is 63.0. The molecule has 0 aliphatic heterocycles. The molecule has 8 atom stereocenters. The lowest BCUT2D eigenvalue weighted by Gasteiger charge is -2.28. The second kappa shape index (κ2) is 49.7. The molecule has 0 saturated carbocycles. The molecule has 0 unspecified atom stereocenters. The summed E-state index contributed by atoms with van der Waals surface area (Å²) in [6.07, 6.45) is 4.83. The molecule has 0 amide bonds. The van der Waals surface area contributed by atoms with E-state index < -0.39 is 85.5 Å². The van der Waals surface area contributed by atoms with Crippen LogP contribution in [0.25, 0.3) is 0 Å². The van der Waals surface area contributed by atoms with Crippen molar-refractivity contribution >= 4 is 86.5 Å². The van der Waals surface area contributed by atoms with Crippen LogP contribution >= 0.6 is 46.4 Å². The fourth-order valence-corrected chi connectivity index (χ4v) is 19.4. The predicted octanol–water partition coefficient (Wildman–Crippen LogP) is 14.4. The molecule has 132 heavy (non-hydrogen) atoms. The SMILES string of the molecule is COc1ccc(CN(Cc2ccc(OC)cc2)S(=O)(=O)[C@@H](C)[C@@H](O)c2ncc(Cl)cn2)cc1.COc1ccc(CN(Cc2ccc(OC)cc2)S(=O)(=O)[C@@H](C)[C@H](O)c2ncc(Cl)cn2)cc1.COc1ccc(CN(Cc2ccc(OC)cc2)S(=O)(=O)[C@H](C)[C@@H](O)c2ncc(Cl)cn2)cc1.COc1ccc(CN(Cc2ccc(OC)cc2)S(=O)(=O)[C@H](C)[C@H](O)c2ncc(Cl)cn2)cc1. The number of aromatic nitrogens is 8. The second-order valence-corrected chi connectivity index (χ2v) is 40.6. The van der Waals surface area contributed by atoms with Crippen LogP contribution in [-0.2, 0) is 92.5 Å². The molecule has 0 spiro atoms. The molecule has 4 N–H and O–H groups in total. The van der Waals surface area contributed by atoms with Gasteiger partial charge in [0.1, 0.15) is 91.4 Å². The van der Waals surface area contributed by atoms with Gasteiger partial charge in [-0.25, -0.2) is 73.5 Å². The number of aliphatic hydroxyl groups excluding tert-OH is 4. The van der Waals surface area contributed by atoms with Crippen LogP contribution < -0.4 is 37.9 Å². The van der Waals surface area contributed by atoms with E-state index in [0.29, 0.717) is 66.1 Å². The molecule has 0 aliphatic carbocycles. The van der Waals surface area contributed by atoms with Gasteiger partial charge in [-0.05, 0) is 169 Å². The fraction of sp³-hybridized carbons (Fsp3) is 0.304. The van der Waals surface area contributed by atoms with E-state index in [1.54, 1.807) is 251 Å². The molecule has 0 bridgehead atoms. The minimum atomic E-state index is -3.98. The smallest absolute Gasteiger partial charge is 0.220 e. The van der Waals surface area contributed by atoms with Crippen molar-refractivity contribution in [3.8, 4) is 46.0 Å². The molecule has 0 radical (unpaired) electrons. The zero-order valence-corrected chi connectivity index (χ0v) is 80.5. The maximum atomic E-state index is 13.6. The topological polar surface area (TPSA) is 407 Å².